The van der Waals surface area contributed by atoms with E-state index in [1.807, 2.05) is 0 Å². The molecule has 2 aliphatic carbocycles. The number of urea groups is 1. The van der Waals surface area contributed by atoms with Crippen molar-refractivity contribution >= 4 is 21.6 Å². The van der Waals surface area contributed by atoms with Crippen LogP contribution >= 0.6 is 0 Å². The van der Waals surface area contributed by atoms with Crippen LogP contribution in [0.5, 0.6) is 5.88 Å². The summed E-state index contributed by atoms with van der Waals surface area (Å²) in [5, 5.41) is 13.2. The molecule has 2 amide bonds. The van der Waals surface area contributed by atoms with Gasteiger partial charge in [0.1, 0.15) is 4.90 Å². The predicted molar refractivity (Wildman–Crippen MR) is 114 cm³/mol. The SMILES string of the molecule is C[C@H]1CCOc2c([S@@](N)(=O)=NC(=O)Nc3c4c(cc5c3CCC5)CCC4)cnn2C1. The number of nitrogens with two attached hydrogens (primary N) is 1. The van der Waals surface area contributed by atoms with E-state index >= 15 is 0 Å². The van der Waals surface area contributed by atoms with Crippen LogP contribution in [-0.4, -0.2) is 26.6 Å². The van der Waals surface area contributed by atoms with Crippen LogP contribution in [0.4, 0.5) is 10.5 Å². The fourth-order valence-electron chi connectivity index (χ4n) is 4.85. The van der Waals surface area contributed by atoms with Crippen molar-refractivity contribution in [3.8, 4) is 5.88 Å². The maximum Gasteiger partial charge on any atom is 0.354 e. The minimum atomic E-state index is -3.48. The van der Waals surface area contributed by atoms with E-state index < -0.39 is 15.9 Å². The Kier molecular flexibility index (Phi) is 4.82. The van der Waals surface area contributed by atoms with Gasteiger partial charge in [-0.2, -0.15) is 5.10 Å². The maximum atomic E-state index is 13.2. The van der Waals surface area contributed by atoms with Crippen LogP contribution < -0.4 is 15.2 Å². The molecule has 1 aromatic carbocycles. The average Bonchev–Trinajstić information content (AvgIpc) is 3.39. The van der Waals surface area contributed by atoms with Crippen molar-refractivity contribution in [1.29, 1.82) is 0 Å². The zero-order chi connectivity index (χ0) is 20.9. The van der Waals surface area contributed by atoms with E-state index in [0.29, 0.717) is 24.9 Å². The summed E-state index contributed by atoms with van der Waals surface area (Å²) < 4.78 is 24.5. The number of rotatable bonds is 2. The third-order valence-corrected chi connectivity index (χ3v) is 7.68. The largest absolute Gasteiger partial charge is 0.477 e. The van der Waals surface area contributed by atoms with E-state index in [4.69, 9.17) is 9.88 Å². The summed E-state index contributed by atoms with van der Waals surface area (Å²) in [5.74, 6) is 0.736. The Morgan fingerprint density at radius 2 is 1.97 bits per heavy atom. The van der Waals surface area contributed by atoms with Crippen LogP contribution in [-0.2, 0) is 42.1 Å². The lowest BCUT2D eigenvalue weighted by Gasteiger charge is -2.15. The number of amides is 2. The number of ether oxygens (including phenoxy) is 1. The monoisotopic (exact) mass is 429 g/mol. The number of benzene rings is 1. The average molecular weight is 430 g/mol. The van der Waals surface area contributed by atoms with Crippen LogP contribution in [0, 0.1) is 5.92 Å². The van der Waals surface area contributed by atoms with Crippen LogP contribution in [0.15, 0.2) is 21.5 Å². The molecule has 160 valence electrons. The number of carbonyl (C=O) groups is 1. The minimum Gasteiger partial charge on any atom is -0.477 e. The topological polar surface area (TPSA) is 112 Å². The number of hydrogen-bond acceptors (Lipinski definition) is 4. The summed E-state index contributed by atoms with van der Waals surface area (Å²) in [6.45, 7) is 3.25. The van der Waals surface area contributed by atoms with Crippen molar-refractivity contribution in [2.75, 3.05) is 11.9 Å². The summed E-state index contributed by atoms with van der Waals surface area (Å²) in [7, 11) is -3.48. The molecule has 0 bridgehead atoms. The molecule has 1 aliphatic heterocycles. The second-order valence-electron chi connectivity index (χ2n) is 8.56. The van der Waals surface area contributed by atoms with Crippen molar-refractivity contribution in [2.24, 2.45) is 15.4 Å². The molecule has 30 heavy (non-hydrogen) atoms. The van der Waals surface area contributed by atoms with Gasteiger partial charge in [0, 0.05) is 12.2 Å². The Bertz CT molecular complexity index is 1110. The lowest BCUT2D eigenvalue weighted by Crippen LogP contribution is -2.19. The van der Waals surface area contributed by atoms with E-state index in [2.05, 4.69) is 27.8 Å². The van der Waals surface area contributed by atoms with Crippen molar-refractivity contribution in [3.63, 3.8) is 0 Å². The zero-order valence-electron chi connectivity index (χ0n) is 17.1. The smallest absolute Gasteiger partial charge is 0.354 e. The van der Waals surface area contributed by atoms with Crippen molar-refractivity contribution in [1.82, 2.24) is 9.78 Å². The zero-order valence-corrected chi connectivity index (χ0v) is 18.0. The van der Waals surface area contributed by atoms with Gasteiger partial charge in [-0.05, 0) is 73.1 Å². The second-order valence-corrected chi connectivity index (χ2v) is 10.3. The minimum absolute atomic E-state index is 0.176. The van der Waals surface area contributed by atoms with E-state index in [1.54, 1.807) is 4.68 Å². The molecule has 0 spiro atoms. The number of hydrogen-bond donors (Lipinski definition) is 2. The van der Waals surface area contributed by atoms with Gasteiger partial charge < -0.3 is 10.1 Å². The number of aryl methyl sites for hydroxylation is 2. The first-order valence-corrected chi connectivity index (χ1v) is 12.2. The molecule has 0 saturated carbocycles. The lowest BCUT2D eigenvalue weighted by molar-refractivity contribution is 0.260. The number of nitrogens with one attached hydrogen (secondary N) is 1. The molecule has 0 saturated heterocycles. The van der Waals surface area contributed by atoms with Gasteiger partial charge in [0.05, 0.1) is 12.8 Å². The van der Waals surface area contributed by atoms with E-state index in [0.717, 1.165) is 50.6 Å². The maximum absolute atomic E-state index is 13.2. The molecule has 3 aliphatic rings. The Morgan fingerprint density at radius 1 is 1.27 bits per heavy atom. The van der Waals surface area contributed by atoms with Gasteiger partial charge in [-0.25, -0.2) is 18.8 Å². The van der Waals surface area contributed by atoms with Gasteiger partial charge in [-0.1, -0.05) is 13.0 Å². The number of nitrogens with zero attached hydrogens (tertiary/aromatic N) is 3. The normalized spacial score (nSPS) is 21.6. The van der Waals surface area contributed by atoms with Gasteiger partial charge in [-0.15, -0.1) is 4.36 Å². The molecule has 2 atom stereocenters. The summed E-state index contributed by atoms with van der Waals surface area (Å²) in [6, 6.07) is 1.61. The molecule has 2 aromatic rings. The first kappa shape index (κ1) is 19.6. The van der Waals surface area contributed by atoms with Gasteiger partial charge in [0.25, 0.3) is 0 Å². The quantitative estimate of drug-likeness (QED) is 0.763. The first-order valence-electron chi connectivity index (χ1n) is 10.6. The van der Waals surface area contributed by atoms with Crippen molar-refractivity contribution < 1.29 is 13.7 Å². The Hall–Kier alpha value is -2.39. The molecular weight excluding hydrogens is 402 g/mol. The number of anilines is 1. The predicted octanol–water partition coefficient (Wildman–Crippen LogP) is 3.21. The molecule has 3 N–H and O–H groups in total. The molecule has 5 rings (SSSR count). The van der Waals surface area contributed by atoms with Crippen LogP contribution in [0.3, 0.4) is 0 Å². The summed E-state index contributed by atoms with van der Waals surface area (Å²) in [5.41, 5.74) is 5.87. The molecular formula is C21H27N5O3S. The van der Waals surface area contributed by atoms with Gasteiger partial charge >= 0.3 is 6.03 Å². The standard InChI is InChI=1S/C21H27N5O3S/c1-13-8-9-29-20-18(11-23-26(20)12-13)30(22,28)25-21(27)24-19-16-6-2-4-14(16)10-15-5-3-7-17(15)19/h10-11,13H,2-9,12H2,1H3,(H3,22,24,25,27,28)/t13-,30-/m0/s1. The van der Waals surface area contributed by atoms with E-state index in [1.165, 1.54) is 28.5 Å². The molecule has 8 nitrogen and oxygen atoms in total. The highest BCUT2D eigenvalue weighted by Crippen LogP contribution is 2.38. The summed E-state index contributed by atoms with van der Waals surface area (Å²) in [4.78, 5) is 13.0. The fourth-order valence-corrected chi connectivity index (χ4v) is 5.85. The highest BCUT2D eigenvalue weighted by atomic mass is 32.2. The third kappa shape index (κ3) is 3.39. The van der Waals surface area contributed by atoms with E-state index in [9.17, 15) is 9.00 Å². The van der Waals surface area contributed by atoms with Crippen LogP contribution in [0.1, 0.15) is 48.4 Å². The van der Waals surface area contributed by atoms with Crippen LogP contribution in [0.25, 0.3) is 0 Å². The summed E-state index contributed by atoms with van der Waals surface area (Å²) in [6.07, 6.45) is 8.41. The molecule has 1 aromatic heterocycles. The Balaban J connectivity index is 1.47. The fraction of sp³-hybridized carbons (Fsp3) is 0.524. The van der Waals surface area contributed by atoms with Crippen molar-refractivity contribution in [3.05, 3.63) is 34.5 Å². The highest BCUT2D eigenvalue weighted by molar-refractivity contribution is 7.91. The Labute approximate surface area is 176 Å². The Morgan fingerprint density at radius 3 is 2.67 bits per heavy atom. The molecule has 0 unspecified atom stereocenters. The molecule has 2 heterocycles. The van der Waals surface area contributed by atoms with Gasteiger partial charge in [0.15, 0.2) is 9.92 Å². The molecule has 9 heteroatoms. The van der Waals surface area contributed by atoms with Crippen LogP contribution in [0.2, 0.25) is 0 Å². The first-order chi connectivity index (χ1) is 14.4. The number of aromatic nitrogens is 2. The molecule has 0 radical (unpaired) electrons. The third-order valence-electron chi connectivity index (χ3n) is 6.33. The molecule has 0 fully saturated rings. The number of carbonyl (C=O) groups excluding carboxylic acids is 1. The van der Waals surface area contributed by atoms with Gasteiger partial charge in [-0.3, -0.25) is 0 Å². The van der Waals surface area contributed by atoms with E-state index in [-0.39, 0.29) is 4.90 Å². The highest BCUT2D eigenvalue weighted by Gasteiger charge is 2.27. The van der Waals surface area contributed by atoms with Crippen molar-refractivity contribution in [2.45, 2.75) is 63.3 Å². The van der Waals surface area contributed by atoms with Gasteiger partial charge in [0.2, 0.25) is 5.88 Å². The summed E-state index contributed by atoms with van der Waals surface area (Å²) >= 11 is 0. The lowest BCUT2D eigenvalue weighted by atomic mass is 9.99. The second kappa shape index (κ2) is 7.39. The number of fused-ring (bicyclic) bond motifs is 3.